The minimum absolute atomic E-state index is 0.0245. The van der Waals surface area contributed by atoms with Crippen molar-refractivity contribution in [3.05, 3.63) is 40.6 Å². The monoisotopic (exact) mass is 407 g/mol. The van der Waals surface area contributed by atoms with E-state index in [2.05, 4.69) is 28.2 Å². The molecule has 1 saturated carbocycles. The summed E-state index contributed by atoms with van der Waals surface area (Å²) in [5.74, 6) is 1.72. The van der Waals surface area contributed by atoms with Crippen LogP contribution < -0.4 is 0 Å². The van der Waals surface area contributed by atoms with Gasteiger partial charge in [-0.15, -0.1) is 0 Å². The van der Waals surface area contributed by atoms with Crippen LogP contribution in [0.2, 0.25) is 0 Å². The first-order chi connectivity index (χ1) is 14.5. The summed E-state index contributed by atoms with van der Waals surface area (Å²) in [5.41, 5.74) is 5.96. The van der Waals surface area contributed by atoms with Gasteiger partial charge in [0.05, 0.1) is 12.2 Å². The topological polar surface area (TPSA) is 73.8 Å². The number of rotatable bonds is 5. The van der Waals surface area contributed by atoms with E-state index in [-0.39, 0.29) is 5.91 Å². The number of imidazole rings is 1. The third kappa shape index (κ3) is 3.14. The van der Waals surface area contributed by atoms with Gasteiger partial charge in [-0.1, -0.05) is 0 Å². The average molecular weight is 408 g/mol. The Hall–Kier alpha value is -2.90. The van der Waals surface area contributed by atoms with E-state index in [9.17, 15) is 4.79 Å². The Balaban J connectivity index is 1.52. The Morgan fingerprint density at radius 2 is 2.03 bits per heavy atom. The molecule has 8 nitrogen and oxygen atoms in total. The second-order valence-corrected chi connectivity index (χ2v) is 8.64. The highest BCUT2D eigenvalue weighted by molar-refractivity contribution is 5.93. The van der Waals surface area contributed by atoms with Crippen LogP contribution in [0.25, 0.3) is 11.5 Å². The molecule has 0 spiro atoms. The van der Waals surface area contributed by atoms with E-state index >= 15 is 0 Å². The Morgan fingerprint density at radius 1 is 1.23 bits per heavy atom. The molecule has 0 saturated heterocycles. The highest BCUT2D eigenvalue weighted by atomic mass is 16.2. The number of nitrogens with zero attached hydrogens (tertiary/aromatic N) is 7. The first-order valence-electron chi connectivity index (χ1n) is 10.9. The van der Waals surface area contributed by atoms with Gasteiger partial charge in [0.2, 0.25) is 0 Å². The number of hydrogen-bond donors (Lipinski definition) is 0. The van der Waals surface area contributed by atoms with Gasteiger partial charge in [-0.25, -0.2) is 4.98 Å². The molecule has 0 bridgehead atoms. The number of carbonyl (C=O) groups excluding carboxylic acids is 1. The normalized spacial score (nSPS) is 16.2. The molecule has 2 aliphatic rings. The molecule has 1 aliphatic heterocycles. The fourth-order valence-electron chi connectivity index (χ4n) is 4.52. The zero-order valence-corrected chi connectivity index (χ0v) is 18.2. The third-order valence-electron chi connectivity index (χ3n) is 6.35. The lowest BCUT2D eigenvalue weighted by Gasteiger charge is -2.28. The molecule has 1 amide bonds. The largest absolute Gasteiger partial charge is 0.332 e. The second-order valence-electron chi connectivity index (χ2n) is 8.64. The summed E-state index contributed by atoms with van der Waals surface area (Å²) in [6, 6.07) is 1.86. The quantitative estimate of drug-likeness (QED) is 0.652. The fraction of sp³-hybridized carbons (Fsp3) is 0.545. The van der Waals surface area contributed by atoms with Crippen molar-refractivity contribution >= 4 is 5.91 Å². The molecule has 0 aromatic carbocycles. The molecule has 4 heterocycles. The summed E-state index contributed by atoms with van der Waals surface area (Å²) in [6.45, 7) is 9.22. The Kier molecular flexibility index (Phi) is 4.52. The first kappa shape index (κ1) is 19.1. The maximum Gasteiger partial charge on any atom is 0.272 e. The van der Waals surface area contributed by atoms with Gasteiger partial charge in [-0.05, 0) is 45.6 Å². The molecule has 0 N–H and O–H groups in total. The van der Waals surface area contributed by atoms with Crippen LogP contribution in [0.15, 0.2) is 12.3 Å². The SMILES string of the molecule is CCn1nc(-c2ncc(C)n2CC2CC2)c2c1CCN(C(=O)c1cc(C)nn1C)C2. The summed E-state index contributed by atoms with van der Waals surface area (Å²) in [4.78, 5) is 19.9. The van der Waals surface area contributed by atoms with Crippen molar-refractivity contribution in [1.82, 2.24) is 34.0 Å². The fourth-order valence-corrected chi connectivity index (χ4v) is 4.52. The molecular formula is C22H29N7O. The van der Waals surface area contributed by atoms with Gasteiger partial charge in [0.1, 0.15) is 11.4 Å². The van der Waals surface area contributed by atoms with Crippen molar-refractivity contribution in [3.63, 3.8) is 0 Å². The van der Waals surface area contributed by atoms with Crippen molar-refractivity contribution in [1.29, 1.82) is 0 Å². The third-order valence-corrected chi connectivity index (χ3v) is 6.35. The maximum absolute atomic E-state index is 13.2. The predicted molar refractivity (Wildman–Crippen MR) is 113 cm³/mol. The lowest BCUT2D eigenvalue weighted by molar-refractivity contribution is 0.0722. The molecule has 0 unspecified atom stereocenters. The summed E-state index contributed by atoms with van der Waals surface area (Å²) >= 11 is 0. The molecule has 0 atom stereocenters. The number of aromatic nitrogens is 6. The van der Waals surface area contributed by atoms with Crippen LogP contribution in [0, 0.1) is 19.8 Å². The minimum Gasteiger partial charge on any atom is -0.332 e. The van der Waals surface area contributed by atoms with E-state index in [1.54, 1.807) is 4.68 Å². The molecule has 158 valence electrons. The number of fused-ring (bicyclic) bond motifs is 1. The van der Waals surface area contributed by atoms with Gasteiger partial charge in [0.25, 0.3) is 5.91 Å². The van der Waals surface area contributed by atoms with E-state index in [0.29, 0.717) is 18.8 Å². The van der Waals surface area contributed by atoms with Crippen molar-refractivity contribution in [3.8, 4) is 11.5 Å². The van der Waals surface area contributed by atoms with E-state index in [0.717, 1.165) is 48.2 Å². The molecule has 3 aromatic rings. The van der Waals surface area contributed by atoms with Gasteiger partial charge in [0.15, 0.2) is 5.82 Å². The number of amides is 1. The van der Waals surface area contributed by atoms with Crippen LogP contribution in [0.4, 0.5) is 0 Å². The van der Waals surface area contributed by atoms with Gasteiger partial charge in [0, 0.05) is 56.3 Å². The van der Waals surface area contributed by atoms with Gasteiger partial charge in [-0.3, -0.25) is 14.2 Å². The Bertz CT molecular complexity index is 1120. The second kappa shape index (κ2) is 7.11. The van der Waals surface area contributed by atoms with Crippen LogP contribution in [0.5, 0.6) is 0 Å². The molecule has 8 heteroatoms. The van der Waals surface area contributed by atoms with Crippen LogP contribution in [0.3, 0.4) is 0 Å². The zero-order chi connectivity index (χ0) is 21.0. The van der Waals surface area contributed by atoms with E-state index in [4.69, 9.17) is 10.1 Å². The molecule has 5 rings (SSSR count). The summed E-state index contributed by atoms with van der Waals surface area (Å²) in [6.07, 6.45) is 5.34. The molecule has 30 heavy (non-hydrogen) atoms. The number of carbonyl (C=O) groups is 1. The Labute approximate surface area is 176 Å². The lowest BCUT2D eigenvalue weighted by atomic mass is 10.0. The Morgan fingerprint density at radius 3 is 2.70 bits per heavy atom. The van der Waals surface area contributed by atoms with Crippen molar-refractivity contribution in [2.75, 3.05) is 6.54 Å². The van der Waals surface area contributed by atoms with E-state index < -0.39 is 0 Å². The molecule has 3 aromatic heterocycles. The lowest BCUT2D eigenvalue weighted by Crippen LogP contribution is -2.37. The standard InChI is InChI=1S/C22H29N7O/c1-5-29-18-8-9-27(22(30)19-10-14(2)24-26(19)4)13-17(18)20(25-29)21-23-11-15(3)28(21)12-16-6-7-16/h10-11,16H,5-9,12-13H2,1-4H3. The number of aryl methyl sites for hydroxylation is 4. The predicted octanol–water partition coefficient (Wildman–Crippen LogP) is 2.73. The summed E-state index contributed by atoms with van der Waals surface area (Å²) in [7, 11) is 1.83. The van der Waals surface area contributed by atoms with Gasteiger partial charge < -0.3 is 9.47 Å². The average Bonchev–Trinajstić information content (AvgIpc) is 3.25. The summed E-state index contributed by atoms with van der Waals surface area (Å²) in [5, 5.41) is 9.29. The maximum atomic E-state index is 13.2. The van der Waals surface area contributed by atoms with Crippen molar-refractivity contribution < 1.29 is 4.79 Å². The van der Waals surface area contributed by atoms with Crippen LogP contribution in [-0.4, -0.2) is 46.5 Å². The van der Waals surface area contributed by atoms with Crippen molar-refractivity contribution in [2.24, 2.45) is 13.0 Å². The van der Waals surface area contributed by atoms with E-state index in [1.165, 1.54) is 24.2 Å². The molecule has 1 fully saturated rings. The summed E-state index contributed by atoms with van der Waals surface area (Å²) < 4.78 is 6.08. The number of hydrogen-bond acceptors (Lipinski definition) is 4. The molecule has 1 aliphatic carbocycles. The van der Waals surface area contributed by atoms with Gasteiger partial charge in [-0.2, -0.15) is 10.2 Å². The highest BCUT2D eigenvalue weighted by Crippen LogP contribution is 2.35. The van der Waals surface area contributed by atoms with Crippen LogP contribution >= 0.6 is 0 Å². The highest BCUT2D eigenvalue weighted by Gasteiger charge is 2.32. The molecule has 0 radical (unpaired) electrons. The van der Waals surface area contributed by atoms with Crippen LogP contribution in [0.1, 0.15) is 52.9 Å². The minimum atomic E-state index is 0.0245. The van der Waals surface area contributed by atoms with E-state index in [1.807, 2.05) is 31.1 Å². The zero-order valence-electron chi connectivity index (χ0n) is 18.2. The smallest absolute Gasteiger partial charge is 0.272 e. The first-order valence-corrected chi connectivity index (χ1v) is 10.9. The van der Waals surface area contributed by atoms with Crippen molar-refractivity contribution in [2.45, 2.75) is 59.7 Å². The van der Waals surface area contributed by atoms with Gasteiger partial charge >= 0.3 is 0 Å². The van der Waals surface area contributed by atoms with Crippen LogP contribution in [-0.2, 0) is 33.1 Å². The molecular weight excluding hydrogens is 378 g/mol.